The Morgan fingerprint density at radius 3 is 3.08 bits per heavy atom. The lowest BCUT2D eigenvalue weighted by Crippen LogP contribution is -1.98. The van der Waals surface area contributed by atoms with Gasteiger partial charge in [-0.1, -0.05) is 6.92 Å². The van der Waals surface area contributed by atoms with Crippen LogP contribution in [-0.4, -0.2) is 18.2 Å². The summed E-state index contributed by atoms with van der Waals surface area (Å²) < 4.78 is 0. The van der Waals surface area contributed by atoms with Gasteiger partial charge in [0.05, 0.1) is 0 Å². The summed E-state index contributed by atoms with van der Waals surface area (Å²) in [5.41, 5.74) is 1.18. The van der Waals surface area contributed by atoms with Crippen molar-refractivity contribution in [1.82, 2.24) is 4.98 Å². The lowest BCUT2D eigenvalue weighted by atomic mass is 10.0. The number of hydrogen-bond acceptors (Lipinski definition) is 3. The largest absolute Gasteiger partial charge is 0.300 e. The van der Waals surface area contributed by atoms with Crippen molar-refractivity contribution in [3.8, 4) is 0 Å². The first kappa shape index (κ1) is 9.26. The normalized spacial score (nSPS) is 12.5. The number of nitrogens with zero attached hydrogens (tertiary/aromatic N) is 2. The Morgan fingerprint density at radius 2 is 2.50 bits per heavy atom. The highest BCUT2D eigenvalue weighted by Gasteiger charge is 2.06. The van der Waals surface area contributed by atoms with Crippen molar-refractivity contribution in [2.45, 2.75) is 17.7 Å². The first-order valence-corrected chi connectivity index (χ1v) is 4.25. The highest BCUT2D eigenvalue weighted by molar-refractivity contribution is 7.80. The molecule has 64 valence electrons. The topological polar surface area (TPSA) is 25.2 Å². The molecule has 0 saturated heterocycles. The number of aromatic nitrogens is 1. The molecule has 1 aromatic heterocycles. The molecule has 1 heterocycles. The predicted molar refractivity (Wildman–Crippen MR) is 54.3 cm³/mol. The molecule has 0 aliphatic heterocycles. The van der Waals surface area contributed by atoms with Gasteiger partial charge in [0.2, 0.25) is 0 Å². The van der Waals surface area contributed by atoms with E-state index in [2.05, 4.69) is 36.2 Å². The standard InChI is InChI=1S/C9H12N2S/c1-7(5-10-2)8-3-4-11-6-9(8)12/h3-4,6-7,12H,2,5H2,1H3. The zero-order valence-electron chi connectivity index (χ0n) is 7.07. The van der Waals surface area contributed by atoms with E-state index < -0.39 is 0 Å². The SMILES string of the molecule is C=NCC(C)c1ccncc1S. The van der Waals surface area contributed by atoms with Crippen molar-refractivity contribution in [3.05, 3.63) is 24.0 Å². The van der Waals surface area contributed by atoms with E-state index in [0.29, 0.717) is 5.92 Å². The molecule has 1 atom stereocenters. The van der Waals surface area contributed by atoms with Crippen LogP contribution in [0.2, 0.25) is 0 Å². The molecule has 0 fully saturated rings. The molecular weight excluding hydrogens is 168 g/mol. The van der Waals surface area contributed by atoms with Gasteiger partial charge in [-0.2, -0.15) is 0 Å². The maximum Gasteiger partial charge on any atom is 0.0448 e. The van der Waals surface area contributed by atoms with Gasteiger partial charge in [-0.3, -0.25) is 4.98 Å². The lowest BCUT2D eigenvalue weighted by molar-refractivity contribution is 0.760. The zero-order chi connectivity index (χ0) is 8.97. The summed E-state index contributed by atoms with van der Waals surface area (Å²) in [6.07, 6.45) is 3.52. The third kappa shape index (κ3) is 2.08. The zero-order valence-corrected chi connectivity index (χ0v) is 7.96. The molecule has 0 radical (unpaired) electrons. The molecule has 3 heteroatoms. The molecule has 1 rings (SSSR count). The Hall–Kier alpha value is -0.830. The monoisotopic (exact) mass is 180 g/mol. The van der Waals surface area contributed by atoms with Crippen molar-refractivity contribution in [2.75, 3.05) is 6.54 Å². The molecule has 1 unspecified atom stereocenters. The third-order valence-corrected chi connectivity index (χ3v) is 2.14. The average Bonchev–Trinajstić information content (AvgIpc) is 2.05. The second kappa shape index (κ2) is 4.26. The van der Waals surface area contributed by atoms with Gasteiger partial charge in [-0.25, -0.2) is 0 Å². The predicted octanol–water partition coefficient (Wildman–Crippen LogP) is 2.17. The third-order valence-electron chi connectivity index (χ3n) is 1.77. The van der Waals surface area contributed by atoms with Crippen LogP contribution >= 0.6 is 12.6 Å². The fraction of sp³-hybridized carbons (Fsp3) is 0.333. The Kier molecular flexibility index (Phi) is 3.29. The van der Waals surface area contributed by atoms with Gasteiger partial charge in [-0.15, -0.1) is 12.6 Å². The van der Waals surface area contributed by atoms with Crippen molar-refractivity contribution in [2.24, 2.45) is 4.99 Å². The summed E-state index contributed by atoms with van der Waals surface area (Å²) in [7, 11) is 0. The van der Waals surface area contributed by atoms with Gasteiger partial charge in [0, 0.05) is 29.8 Å². The quantitative estimate of drug-likeness (QED) is 0.559. The number of rotatable bonds is 3. The maximum absolute atomic E-state index is 4.31. The first-order valence-electron chi connectivity index (χ1n) is 3.81. The summed E-state index contributed by atoms with van der Waals surface area (Å²) in [6, 6.07) is 1.97. The summed E-state index contributed by atoms with van der Waals surface area (Å²) in [4.78, 5) is 8.74. The number of hydrogen-bond donors (Lipinski definition) is 1. The summed E-state index contributed by atoms with van der Waals surface area (Å²) in [5.74, 6) is 0.373. The second-order valence-electron chi connectivity index (χ2n) is 2.74. The Labute approximate surface area is 78.2 Å². The van der Waals surface area contributed by atoms with Crippen molar-refractivity contribution < 1.29 is 0 Å². The van der Waals surface area contributed by atoms with E-state index >= 15 is 0 Å². The van der Waals surface area contributed by atoms with Crippen LogP contribution in [0.3, 0.4) is 0 Å². The van der Waals surface area contributed by atoms with Crippen LogP contribution in [0.1, 0.15) is 18.4 Å². The van der Waals surface area contributed by atoms with Crippen LogP contribution in [0.15, 0.2) is 28.3 Å². The van der Waals surface area contributed by atoms with Crippen LogP contribution in [0, 0.1) is 0 Å². The van der Waals surface area contributed by atoms with Gasteiger partial charge in [0.1, 0.15) is 0 Å². The Bertz CT molecular complexity index is 273. The van der Waals surface area contributed by atoms with Crippen LogP contribution in [0.4, 0.5) is 0 Å². The second-order valence-corrected chi connectivity index (χ2v) is 3.22. The minimum absolute atomic E-state index is 0.373. The molecule has 0 bridgehead atoms. The number of pyridine rings is 1. The molecule has 0 amide bonds. The van der Waals surface area contributed by atoms with E-state index in [1.165, 1.54) is 5.56 Å². The molecule has 0 saturated carbocycles. The molecule has 0 N–H and O–H groups in total. The maximum atomic E-state index is 4.31. The smallest absolute Gasteiger partial charge is 0.0448 e. The average molecular weight is 180 g/mol. The summed E-state index contributed by atoms with van der Waals surface area (Å²) >= 11 is 4.31. The molecule has 0 aromatic carbocycles. The lowest BCUT2D eigenvalue weighted by Gasteiger charge is -2.09. The molecule has 0 aliphatic carbocycles. The Morgan fingerprint density at radius 1 is 1.75 bits per heavy atom. The fourth-order valence-electron chi connectivity index (χ4n) is 1.11. The highest BCUT2D eigenvalue weighted by Crippen LogP contribution is 2.21. The van der Waals surface area contributed by atoms with E-state index in [4.69, 9.17) is 0 Å². The minimum atomic E-state index is 0.373. The van der Waals surface area contributed by atoms with Crippen LogP contribution in [0.5, 0.6) is 0 Å². The van der Waals surface area contributed by atoms with Gasteiger partial charge in [-0.05, 0) is 18.3 Å². The number of thiol groups is 1. The minimum Gasteiger partial charge on any atom is -0.300 e. The Balaban J connectivity index is 2.86. The molecular formula is C9H12N2S. The van der Waals surface area contributed by atoms with Gasteiger partial charge >= 0.3 is 0 Å². The first-order chi connectivity index (χ1) is 5.75. The van der Waals surface area contributed by atoms with E-state index in [1.807, 2.05) is 6.07 Å². The van der Waals surface area contributed by atoms with Crippen molar-refractivity contribution >= 4 is 19.3 Å². The summed E-state index contributed by atoms with van der Waals surface area (Å²) in [5, 5.41) is 0. The van der Waals surface area contributed by atoms with Crippen LogP contribution in [0.25, 0.3) is 0 Å². The van der Waals surface area contributed by atoms with E-state index in [9.17, 15) is 0 Å². The van der Waals surface area contributed by atoms with E-state index in [0.717, 1.165) is 11.4 Å². The van der Waals surface area contributed by atoms with Crippen LogP contribution < -0.4 is 0 Å². The van der Waals surface area contributed by atoms with Crippen molar-refractivity contribution in [1.29, 1.82) is 0 Å². The van der Waals surface area contributed by atoms with Gasteiger partial charge in [0.15, 0.2) is 0 Å². The van der Waals surface area contributed by atoms with Crippen molar-refractivity contribution in [3.63, 3.8) is 0 Å². The fourth-order valence-corrected chi connectivity index (χ4v) is 1.47. The van der Waals surface area contributed by atoms with E-state index in [1.54, 1.807) is 12.4 Å². The molecule has 1 aromatic rings. The van der Waals surface area contributed by atoms with Gasteiger partial charge < -0.3 is 4.99 Å². The van der Waals surface area contributed by atoms with Gasteiger partial charge in [0.25, 0.3) is 0 Å². The summed E-state index contributed by atoms with van der Waals surface area (Å²) in [6.45, 7) is 6.30. The highest BCUT2D eigenvalue weighted by atomic mass is 32.1. The molecule has 2 nitrogen and oxygen atoms in total. The number of aliphatic imine (C=N–C) groups is 1. The molecule has 0 aliphatic rings. The van der Waals surface area contributed by atoms with E-state index in [-0.39, 0.29) is 0 Å². The molecule has 12 heavy (non-hydrogen) atoms. The molecule has 0 spiro atoms. The van der Waals surface area contributed by atoms with Crippen LogP contribution in [-0.2, 0) is 0 Å².